The predicted molar refractivity (Wildman–Crippen MR) is 162 cm³/mol. The average Bonchev–Trinajstić information content (AvgIpc) is 3.00. The summed E-state index contributed by atoms with van der Waals surface area (Å²) in [4.78, 5) is 43.4. The Morgan fingerprint density at radius 3 is 2.47 bits per heavy atom. The van der Waals surface area contributed by atoms with Crippen LogP contribution in [0.3, 0.4) is 0 Å². The quantitative estimate of drug-likeness (QED) is 0.142. The SMILES string of the molecule is Cn1ccc(C(F)(F)F)c(-c2nccc3c(C[C@H](NC(=O)c4cc(F)cc(CSc5ccccc5)c4)C(=O)O)cccc23)c1=O. The van der Waals surface area contributed by atoms with E-state index in [1.54, 1.807) is 6.07 Å². The Morgan fingerprint density at radius 2 is 1.76 bits per heavy atom. The number of carbonyl (C=O) groups is 2. The molecule has 7 nitrogen and oxygen atoms in total. The first-order valence-corrected chi connectivity index (χ1v) is 14.6. The molecule has 5 rings (SSSR count). The highest BCUT2D eigenvalue weighted by molar-refractivity contribution is 7.98. The van der Waals surface area contributed by atoms with Crippen LogP contribution in [0.25, 0.3) is 22.0 Å². The standard InChI is InChI=1S/C33H25F4N3O4S/c1-40-13-11-26(33(35,36)37)28(31(40)42)29-25-9-5-6-20(24(25)10-12-38-29)17-27(32(43)44)39-30(41)21-14-19(15-22(34)16-21)18-45-23-7-3-2-4-8-23/h2-16,27H,17-18H2,1H3,(H,39,41)(H,43,44)/t27-/m0/s1. The number of thioether (sulfide) groups is 1. The molecule has 1 atom stereocenters. The summed E-state index contributed by atoms with van der Waals surface area (Å²) in [6.45, 7) is 0. The van der Waals surface area contributed by atoms with Crippen LogP contribution in [0.4, 0.5) is 17.6 Å². The summed E-state index contributed by atoms with van der Waals surface area (Å²) >= 11 is 1.45. The number of rotatable bonds is 9. The van der Waals surface area contributed by atoms with Crippen LogP contribution >= 0.6 is 11.8 Å². The van der Waals surface area contributed by atoms with Crippen molar-refractivity contribution in [3.8, 4) is 11.3 Å². The highest BCUT2D eigenvalue weighted by Crippen LogP contribution is 2.37. The first kappa shape index (κ1) is 31.5. The molecule has 5 aromatic rings. The number of aromatic nitrogens is 2. The number of fused-ring (bicyclic) bond motifs is 1. The van der Waals surface area contributed by atoms with Gasteiger partial charge < -0.3 is 15.0 Å². The van der Waals surface area contributed by atoms with E-state index >= 15 is 0 Å². The van der Waals surface area contributed by atoms with Crippen molar-refractivity contribution >= 4 is 34.4 Å². The number of benzene rings is 3. The molecule has 0 saturated carbocycles. The number of carboxylic acid groups (broad SMARTS) is 1. The molecule has 2 heterocycles. The molecule has 2 aromatic heterocycles. The Bertz CT molecular complexity index is 1960. The second-order valence-electron chi connectivity index (χ2n) is 10.2. The number of amides is 1. The first-order chi connectivity index (χ1) is 21.4. The van der Waals surface area contributed by atoms with Crippen molar-refractivity contribution in [1.29, 1.82) is 0 Å². The maximum atomic E-state index is 14.5. The van der Waals surface area contributed by atoms with Gasteiger partial charge in [-0.15, -0.1) is 11.8 Å². The van der Waals surface area contributed by atoms with Crippen LogP contribution in [-0.2, 0) is 30.2 Å². The van der Waals surface area contributed by atoms with Gasteiger partial charge in [0.2, 0.25) is 0 Å². The molecule has 45 heavy (non-hydrogen) atoms. The number of nitrogens with zero attached hydrogens (tertiary/aromatic N) is 2. The lowest BCUT2D eigenvalue weighted by Crippen LogP contribution is -2.42. The second-order valence-corrected chi connectivity index (χ2v) is 11.3. The van der Waals surface area contributed by atoms with E-state index in [9.17, 15) is 37.1 Å². The van der Waals surface area contributed by atoms with Crippen LogP contribution in [-0.4, -0.2) is 32.6 Å². The lowest BCUT2D eigenvalue weighted by molar-refractivity contribution is -0.139. The molecule has 1 amide bonds. The van der Waals surface area contributed by atoms with Gasteiger partial charge in [-0.3, -0.25) is 14.6 Å². The molecule has 0 aliphatic heterocycles. The normalized spacial score (nSPS) is 12.2. The van der Waals surface area contributed by atoms with E-state index in [0.29, 0.717) is 22.3 Å². The van der Waals surface area contributed by atoms with E-state index in [-0.39, 0.29) is 23.1 Å². The minimum Gasteiger partial charge on any atom is -0.480 e. The lowest BCUT2D eigenvalue weighted by Gasteiger charge is -2.18. The minimum atomic E-state index is -4.83. The number of hydrogen-bond acceptors (Lipinski definition) is 5. The van der Waals surface area contributed by atoms with Crippen LogP contribution < -0.4 is 10.9 Å². The van der Waals surface area contributed by atoms with E-state index in [0.717, 1.165) is 27.8 Å². The molecule has 2 N–H and O–H groups in total. The number of carbonyl (C=O) groups excluding carboxylic acids is 1. The Kier molecular flexibility index (Phi) is 9.05. The van der Waals surface area contributed by atoms with Gasteiger partial charge in [-0.25, -0.2) is 9.18 Å². The third kappa shape index (κ3) is 7.07. The van der Waals surface area contributed by atoms with Gasteiger partial charge in [0.25, 0.3) is 11.5 Å². The summed E-state index contributed by atoms with van der Waals surface area (Å²) in [7, 11) is 1.33. The number of aliphatic carboxylic acids is 1. The lowest BCUT2D eigenvalue weighted by atomic mass is 9.95. The third-order valence-corrected chi connectivity index (χ3v) is 8.19. The average molecular weight is 636 g/mol. The molecule has 0 aliphatic carbocycles. The Morgan fingerprint density at radius 1 is 1.00 bits per heavy atom. The van der Waals surface area contributed by atoms with Crippen molar-refractivity contribution in [3.63, 3.8) is 0 Å². The van der Waals surface area contributed by atoms with Crippen LogP contribution in [0.15, 0.2) is 101 Å². The van der Waals surface area contributed by atoms with Gasteiger partial charge in [-0.1, -0.05) is 36.4 Å². The summed E-state index contributed by atoms with van der Waals surface area (Å²) in [6, 6.07) is 18.6. The number of alkyl halides is 3. The zero-order chi connectivity index (χ0) is 32.3. The molecule has 12 heteroatoms. The van der Waals surface area contributed by atoms with Gasteiger partial charge in [-0.05, 0) is 59.0 Å². The predicted octanol–water partition coefficient (Wildman–Crippen LogP) is 6.48. The molecule has 3 aromatic carbocycles. The highest BCUT2D eigenvalue weighted by atomic mass is 32.2. The second kappa shape index (κ2) is 12.9. The van der Waals surface area contributed by atoms with Gasteiger partial charge in [0, 0.05) is 47.5 Å². The molecule has 230 valence electrons. The molecular formula is C33H25F4N3O4S. The zero-order valence-electron chi connectivity index (χ0n) is 23.6. The molecule has 0 spiro atoms. The molecule has 0 saturated heterocycles. The maximum absolute atomic E-state index is 14.5. The molecule has 0 aliphatic rings. The van der Waals surface area contributed by atoms with Crippen molar-refractivity contribution in [1.82, 2.24) is 14.9 Å². The topological polar surface area (TPSA) is 101 Å². The zero-order valence-corrected chi connectivity index (χ0v) is 24.5. The van der Waals surface area contributed by atoms with Gasteiger partial charge in [0.15, 0.2) is 0 Å². The van der Waals surface area contributed by atoms with Crippen LogP contribution in [0.5, 0.6) is 0 Å². The van der Waals surface area contributed by atoms with Crippen molar-refractivity contribution in [3.05, 3.63) is 130 Å². The fourth-order valence-corrected chi connectivity index (χ4v) is 5.80. The fourth-order valence-electron chi connectivity index (χ4n) is 4.95. The van der Waals surface area contributed by atoms with Gasteiger partial charge in [-0.2, -0.15) is 13.2 Å². The Hall–Kier alpha value is -4.97. The van der Waals surface area contributed by atoms with E-state index in [4.69, 9.17) is 0 Å². The van der Waals surface area contributed by atoms with Crippen molar-refractivity contribution in [2.24, 2.45) is 7.05 Å². The number of carboxylic acids is 1. The van der Waals surface area contributed by atoms with Crippen LogP contribution in [0, 0.1) is 5.82 Å². The Balaban J connectivity index is 1.44. The van der Waals surface area contributed by atoms with Crippen LogP contribution in [0.2, 0.25) is 0 Å². The van der Waals surface area contributed by atoms with E-state index < -0.39 is 46.6 Å². The molecular weight excluding hydrogens is 610 g/mol. The van der Waals surface area contributed by atoms with Gasteiger partial charge in [0.1, 0.15) is 11.9 Å². The molecule has 0 fully saturated rings. The Labute approximate surface area is 258 Å². The minimum absolute atomic E-state index is 0.0612. The van der Waals surface area contributed by atoms with E-state index in [1.807, 2.05) is 30.3 Å². The van der Waals surface area contributed by atoms with Crippen LogP contribution in [0.1, 0.15) is 27.0 Å². The van der Waals surface area contributed by atoms with Crippen molar-refractivity contribution in [2.45, 2.75) is 29.3 Å². The third-order valence-electron chi connectivity index (χ3n) is 7.10. The largest absolute Gasteiger partial charge is 0.480 e. The van der Waals surface area contributed by atoms with Crippen molar-refractivity contribution in [2.75, 3.05) is 0 Å². The summed E-state index contributed by atoms with van der Waals surface area (Å²) in [5.74, 6) is -2.46. The molecule has 0 bridgehead atoms. The molecule has 0 unspecified atom stereocenters. The first-order valence-electron chi connectivity index (χ1n) is 13.6. The molecule has 0 radical (unpaired) electrons. The summed E-state index contributed by atoms with van der Waals surface area (Å²) in [5, 5.41) is 13.0. The van der Waals surface area contributed by atoms with Gasteiger partial charge in [0.05, 0.1) is 16.8 Å². The highest BCUT2D eigenvalue weighted by Gasteiger charge is 2.36. The smallest absolute Gasteiger partial charge is 0.417 e. The fraction of sp³-hybridized carbons (Fsp3) is 0.152. The number of hydrogen-bond donors (Lipinski definition) is 2. The number of halogens is 4. The summed E-state index contributed by atoms with van der Waals surface area (Å²) < 4.78 is 57.2. The number of aryl methyl sites for hydroxylation is 1. The van der Waals surface area contributed by atoms with E-state index in [2.05, 4.69) is 10.3 Å². The van der Waals surface area contributed by atoms with E-state index in [1.165, 1.54) is 55.3 Å². The van der Waals surface area contributed by atoms with Gasteiger partial charge >= 0.3 is 12.1 Å². The number of pyridine rings is 2. The maximum Gasteiger partial charge on any atom is 0.417 e. The summed E-state index contributed by atoms with van der Waals surface area (Å²) in [6.07, 6.45) is -2.83. The number of nitrogens with one attached hydrogen (secondary N) is 1. The van der Waals surface area contributed by atoms with Crippen molar-refractivity contribution < 1.29 is 32.3 Å². The monoisotopic (exact) mass is 635 g/mol. The summed E-state index contributed by atoms with van der Waals surface area (Å²) in [5.41, 5.74) is -2.05.